The minimum atomic E-state index is -0.833. The van der Waals surface area contributed by atoms with Gasteiger partial charge in [0.25, 0.3) is 5.56 Å². The van der Waals surface area contributed by atoms with E-state index >= 15 is 0 Å². The Labute approximate surface area is 136 Å². The van der Waals surface area contributed by atoms with Crippen LogP contribution in [-0.2, 0) is 7.05 Å². The van der Waals surface area contributed by atoms with Crippen LogP contribution in [-0.4, -0.2) is 19.7 Å². The Balaban J connectivity index is 2.14. The van der Waals surface area contributed by atoms with Crippen LogP contribution in [0.3, 0.4) is 0 Å². The standard InChI is InChI=1S/C16H16N4O4/c1-9-15(10(2)24-18-9)11-6-4-5-7-12(11)17-13-8-14(21)20(23)16(22)19(13)3/h4-8,17,23H,1-3H3. The lowest BCUT2D eigenvalue weighted by Gasteiger charge is -2.14. The van der Waals surface area contributed by atoms with Crippen molar-refractivity contribution in [3.8, 4) is 11.1 Å². The second kappa shape index (κ2) is 5.73. The molecule has 0 saturated carbocycles. The van der Waals surface area contributed by atoms with Gasteiger partial charge in [-0.15, -0.1) is 0 Å². The second-order valence-electron chi connectivity index (χ2n) is 5.39. The smallest absolute Gasteiger partial charge is 0.365 e. The summed E-state index contributed by atoms with van der Waals surface area (Å²) >= 11 is 0. The van der Waals surface area contributed by atoms with Crippen molar-refractivity contribution in [2.24, 2.45) is 7.05 Å². The fourth-order valence-corrected chi connectivity index (χ4v) is 2.55. The molecule has 0 fully saturated rings. The SMILES string of the molecule is Cc1noc(C)c1-c1ccccc1Nc1cc(=O)n(O)c(=O)n1C. The molecule has 0 unspecified atom stereocenters. The molecule has 124 valence electrons. The zero-order valence-electron chi connectivity index (χ0n) is 13.4. The molecule has 3 rings (SSSR count). The lowest BCUT2D eigenvalue weighted by atomic mass is 10.0. The van der Waals surface area contributed by atoms with Crippen molar-refractivity contribution in [2.75, 3.05) is 5.32 Å². The molecule has 8 nitrogen and oxygen atoms in total. The van der Waals surface area contributed by atoms with Crippen molar-refractivity contribution in [2.45, 2.75) is 13.8 Å². The number of benzene rings is 1. The molecule has 2 heterocycles. The molecule has 2 N–H and O–H groups in total. The Hall–Kier alpha value is -3.29. The maximum Gasteiger partial charge on any atom is 0.365 e. The van der Waals surface area contributed by atoms with E-state index in [9.17, 15) is 14.8 Å². The molecule has 0 amide bonds. The van der Waals surface area contributed by atoms with Crippen LogP contribution in [0.1, 0.15) is 11.5 Å². The van der Waals surface area contributed by atoms with Crippen molar-refractivity contribution in [3.05, 3.63) is 62.6 Å². The molecular weight excluding hydrogens is 312 g/mol. The van der Waals surface area contributed by atoms with Gasteiger partial charge >= 0.3 is 5.69 Å². The fourth-order valence-electron chi connectivity index (χ4n) is 2.55. The number of nitrogens with zero attached hydrogens (tertiary/aromatic N) is 3. The monoisotopic (exact) mass is 328 g/mol. The van der Waals surface area contributed by atoms with Crippen molar-refractivity contribution >= 4 is 11.5 Å². The van der Waals surface area contributed by atoms with Crippen LogP contribution in [0.5, 0.6) is 0 Å². The van der Waals surface area contributed by atoms with E-state index in [4.69, 9.17) is 4.52 Å². The average Bonchev–Trinajstić information content (AvgIpc) is 2.90. The summed E-state index contributed by atoms with van der Waals surface area (Å²) in [5.74, 6) is 0.927. The first kappa shape index (κ1) is 15.6. The largest absolute Gasteiger partial charge is 0.421 e. The summed E-state index contributed by atoms with van der Waals surface area (Å²) in [6.07, 6.45) is 0. The molecule has 1 aromatic carbocycles. The Morgan fingerprint density at radius 3 is 2.58 bits per heavy atom. The van der Waals surface area contributed by atoms with Gasteiger partial charge in [-0.05, 0) is 19.9 Å². The Morgan fingerprint density at radius 2 is 1.92 bits per heavy atom. The third kappa shape index (κ3) is 2.47. The predicted octanol–water partition coefficient (Wildman–Crippen LogP) is 1.80. The van der Waals surface area contributed by atoms with Gasteiger partial charge in [0.2, 0.25) is 0 Å². The fraction of sp³-hybridized carbons (Fsp3) is 0.188. The summed E-state index contributed by atoms with van der Waals surface area (Å²) < 4.78 is 6.42. The molecule has 0 saturated heterocycles. The zero-order chi connectivity index (χ0) is 17.4. The van der Waals surface area contributed by atoms with Crippen LogP contribution >= 0.6 is 0 Å². The maximum atomic E-state index is 11.8. The summed E-state index contributed by atoms with van der Waals surface area (Å²) in [7, 11) is 1.45. The quantitative estimate of drug-likeness (QED) is 0.711. The van der Waals surface area contributed by atoms with E-state index in [1.807, 2.05) is 38.1 Å². The lowest BCUT2D eigenvalue weighted by molar-refractivity contribution is 0.156. The van der Waals surface area contributed by atoms with Crippen LogP contribution in [0, 0.1) is 13.8 Å². The number of aromatic nitrogens is 3. The number of hydrogen-bond donors (Lipinski definition) is 2. The van der Waals surface area contributed by atoms with Crippen LogP contribution in [0.15, 0.2) is 44.4 Å². The van der Waals surface area contributed by atoms with Gasteiger partial charge in [0, 0.05) is 29.9 Å². The summed E-state index contributed by atoms with van der Waals surface area (Å²) in [5.41, 5.74) is 1.45. The molecule has 0 aliphatic heterocycles. The first-order valence-corrected chi connectivity index (χ1v) is 7.21. The van der Waals surface area contributed by atoms with Crippen molar-refractivity contribution < 1.29 is 9.73 Å². The topological polar surface area (TPSA) is 102 Å². The normalized spacial score (nSPS) is 10.8. The minimum absolute atomic E-state index is 0.0609. The van der Waals surface area contributed by atoms with E-state index in [2.05, 4.69) is 10.5 Å². The number of para-hydroxylation sites is 1. The molecule has 0 aliphatic carbocycles. The van der Waals surface area contributed by atoms with E-state index in [-0.39, 0.29) is 10.5 Å². The third-order valence-electron chi connectivity index (χ3n) is 3.79. The first-order chi connectivity index (χ1) is 11.4. The van der Waals surface area contributed by atoms with Gasteiger partial charge in [-0.3, -0.25) is 9.36 Å². The van der Waals surface area contributed by atoms with E-state index in [0.717, 1.165) is 27.5 Å². The van der Waals surface area contributed by atoms with Crippen LogP contribution < -0.4 is 16.6 Å². The summed E-state index contributed by atoms with van der Waals surface area (Å²) in [5, 5.41) is 16.4. The van der Waals surface area contributed by atoms with Crippen LogP contribution in [0.2, 0.25) is 0 Å². The Kier molecular flexibility index (Phi) is 3.72. The summed E-state index contributed by atoms with van der Waals surface area (Å²) in [4.78, 5) is 23.5. The van der Waals surface area contributed by atoms with Gasteiger partial charge in [-0.2, -0.15) is 0 Å². The molecule has 8 heteroatoms. The highest BCUT2D eigenvalue weighted by molar-refractivity contribution is 5.82. The van der Waals surface area contributed by atoms with Crippen LogP contribution in [0.4, 0.5) is 11.5 Å². The van der Waals surface area contributed by atoms with Gasteiger partial charge in [-0.25, -0.2) is 4.79 Å². The lowest BCUT2D eigenvalue weighted by Crippen LogP contribution is -2.37. The molecule has 0 atom stereocenters. The minimum Gasteiger partial charge on any atom is -0.421 e. The Morgan fingerprint density at radius 1 is 1.21 bits per heavy atom. The number of nitrogens with one attached hydrogen (secondary N) is 1. The van der Waals surface area contributed by atoms with Gasteiger partial charge < -0.3 is 15.0 Å². The Bertz CT molecular complexity index is 1010. The number of hydrogen-bond acceptors (Lipinski definition) is 6. The predicted molar refractivity (Wildman–Crippen MR) is 87.8 cm³/mol. The highest BCUT2D eigenvalue weighted by Gasteiger charge is 2.16. The maximum absolute atomic E-state index is 11.8. The van der Waals surface area contributed by atoms with Crippen molar-refractivity contribution in [3.63, 3.8) is 0 Å². The summed E-state index contributed by atoms with van der Waals surface area (Å²) in [6, 6.07) is 8.55. The molecule has 3 aromatic rings. The van der Waals surface area contributed by atoms with Crippen LogP contribution in [0.25, 0.3) is 11.1 Å². The molecule has 2 aromatic heterocycles. The highest BCUT2D eigenvalue weighted by atomic mass is 16.5. The highest BCUT2D eigenvalue weighted by Crippen LogP contribution is 2.33. The summed E-state index contributed by atoms with van der Waals surface area (Å²) in [6.45, 7) is 3.65. The molecule has 0 radical (unpaired) electrons. The zero-order valence-corrected chi connectivity index (χ0v) is 13.4. The van der Waals surface area contributed by atoms with E-state index < -0.39 is 11.2 Å². The van der Waals surface area contributed by atoms with Gasteiger partial charge in [0.1, 0.15) is 11.6 Å². The van der Waals surface area contributed by atoms with Gasteiger partial charge in [0.05, 0.1) is 5.69 Å². The molecule has 0 aliphatic rings. The number of rotatable bonds is 3. The third-order valence-corrected chi connectivity index (χ3v) is 3.79. The van der Waals surface area contributed by atoms with Gasteiger partial charge in [0.15, 0.2) is 0 Å². The number of aryl methyl sites for hydroxylation is 2. The van der Waals surface area contributed by atoms with E-state index in [1.165, 1.54) is 7.05 Å². The first-order valence-electron chi connectivity index (χ1n) is 7.21. The molecule has 24 heavy (non-hydrogen) atoms. The van der Waals surface area contributed by atoms with E-state index in [0.29, 0.717) is 11.4 Å². The second-order valence-corrected chi connectivity index (χ2v) is 5.39. The van der Waals surface area contributed by atoms with Gasteiger partial charge in [-0.1, -0.05) is 28.1 Å². The number of anilines is 2. The molecule has 0 bridgehead atoms. The van der Waals surface area contributed by atoms with E-state index in [1.54, 1.807) is 0 Å². The average molecular weight is 328 g/mol. The van der Waals surface area contributed by atoms with Crippen molar-refractivity contribution in [1.29, 1.82) is 0 Å². The molecular formula is C16H16N4O4. The molecule has 0 spiro atoms. The van der Waals surface area contributed by atoms with Crippen molar-refractivity contribution in [1.82, 2.24) is 14.5 Å².